The van der Waals surface area contributed by atoms with E-state index in [0.29, 0.717) is 0 Å². The Morgan fingerprint density at radius 2 is 1.81 bits per heavy atom. The molecule has 1 heterocycles. The van der Waals surface area contributed by atoms with Crippen molar-refractivity contribution in [2.45, 2.75) is 11.4 Å². The van der Waals surface area contributed by atoms with Crippen LogP contribution in [-0.4, -0.2) is 43.3 Å². The van der Waals surface area contributed by atoms with Gasteiger partial charge in [-0.25, -0.2) is 21.9 Å². The van der Waals surface area contributed by atoms with Gasteiger partial charge >= 0.3 is 6.03 Å². The van der Waals surface area contributed by atoms with Crippen molar-refractivity contribution < 1.29 is 22.4 Å². The lowest BCUT2D eigenvalue weighted by molar-refractivity contribution is -0.120. The molecule has 0 saturated heterocycles. The Hall–Kier alpha value is -3.05. The Bertz CT molecular complexity index is 1030. The average Bonchev–Trinajstić information content (AvgIpc) is 2.58. The Balaban J connectivity index is 2.10. The first-order valence-electron chi connectivity index (χ1n) is 7.59. The molecule has 1 aromatic heterocycles. The van der Waals surface area contributed by atoms with Crippen LogP contribution in [0.2, 0.25) is 0 Å². The minimum absolute atomic E-state index is 0.126. The van der Waals surface area contributed by atoms with E-state index in [9.17, 15) is 27.2 Å². The molecule has 0 saturated carbocycles. The fourth-order valence-corrected chi connectivity index (χ4v) is 2.96. The molecule has 0 spiro atoms. The summed E-state index contributed by atoms with van der Waals surface area (Å²) in [5.41, 5.74) is -0.753. The first kappa shape index (κ1) is 20.3. The summed E-state index contributed by atoms with van der Waals surface area (Å²) in [6, 6.07) is 6.50. The maximum absolute atomic E-state index is 13.5. The van der Waals surface area contributed by atoms with Crippen LogP contribution in [0.3, 0.4) is 0 Å². The normalized spacial score (nSPS) is 11.3. The molecule has 0 radical (unpaired) electrons. The number of carbonyl (C=O) groups excluding carboxylic acids is 2. The molecule has 11 heteroatoms. The molecule has 0 aliphatic heterocycles. The molecule has 2 N–H and O–H groups in total. The number of halogens is 1. The molecule has 0 unspecified atom stereocenters. The molecule has 2 aromatic rings. The van der Waals surface area contributed by atoms with Crippen molar-refractivity contribution in [2.24, 2.45) is 0 Å². The smallest absolute Gasteiger partial charge is 0.305 e. The lowest BCUT2D eigenvalue weighted by atomic mass is 10.3. The fraction of sp³-hybridized carbons (Fsp3) is 0.188. The molecule has 1 aromatic carbocycles. The van der Waals surface area contributed by atoms with E-state index in [1.807, 2.05) is 5.32 Å². The monoisotopic (exact) mass is 396 g/mol. The van der Waals surface area contributed by atoms with Gasteiger partial charge in [-0.1, -0.05) is 12.1 Å². The summed E-state index contributed by atoms with van der Waals surface area (Å²) in [6.07, 6.45) is 1.01. The second-order valence-electron chi connectivity index (χ2n) is 5.60. The van der Waals surface area contributed by atoms with E-state index in [-0.39, 0.29) is 10.6 Å². The Morgan fingerprint density at radius 1 is 1.15 bits per heavy atom. The maximum atomic E-state index is 13.5. The zero-order chi connectivity index (χ0) is 20.2. The number of aromatic nitrogens is 1. The average molecular weight is 396 g/mol. The third-order valence-corrected chi connectivity index (χ3v) is 5.22. The number of rotatable bonds is 5. The highest BCUT2D eigenvalue weighted by atomic mass is 32.2. The molecule has 9 nitrogen and oxygen atoms in total. The van der Waals surface area contributed by atoms with E-state index in [0.717, 1.165) is 33.3 Å². The predicted molar refractivity (Wildman–Crippen MR) is 95.1 cm³/mol. The molecule has 0 fully saturated rings. The van der Waals surface area contributed by atoms with Crippen molar-refractivity contribution >= 4 is 27.6 Å². The number of nitrogens with zero attached hydrogens (tertiary/aromatic N) is 2. The van der Waals surface area contributed by atoms with Crippen LogP contribution in [0.1, 0.15) is 0 Å². The van der Waals surface area contributed by atoms with Gasteiger partial charge in [0.1, 0.15) is 12.4 Å². The lowest BCUT2D eigenvalue weighted by Crippen LogP contribution is -2.38. The number of para-hydroxylation sites is 1. The number of carbonyl (C=O) groups is 2. The van der Waals surface area contributed by atoms with Gasteiger partial charge in [0.15, 0.2) is 0 Å². The highest BCUT2D eigenvalue weighted by Crippen LogP contribution is 2.12. The van der Waals surface area contributed by atoms with Crippen molar-refractivity contribution in [3.8, 4) is 0 Å². The summed E-state index contributed by atoms with van der Waals surface area (Å²) in [5, 5.41) is 4.09. The van der Waals surface area contributed by atoms with Gasteiger partial charge in [0.05, 0.1) is 10.6 Å². The summed E-state index contributed by atoms with van der Waals surface area (Å²) in [7, 11) is -1.15. The third kappa shape index (κ3) is 4.99. The number of sulfonamides is 1. The van der Waals surface area contributed by atoms with Crippen LogP contribution in [0.5, 0.6) is 0 Å². The van der Waals surface area contributed by atoms with Gasteiger partial charge in [0.2, 0.25) is 15.9 Å². The first-order valence-corrected chi connectivity index (χ1v) is 9.03. The maximum Gasteiger partial charge on any atom is 0.326 e. The van der Waals surface area contributed by atoms with Gasteiger partial charge in [-0.2, -0.15) is 0 Å². The van der Waals surface area contributed by atoms with Crippen molar-refractivity contribution in [2.75, 3.05) is 19.4 Å². The standard InChI is InChI=1S/C16H17FN4O5S/c1-20(2)27(25,26)11-7-8-15(23)21(9-11)10-14(22)19-16(24)18-13-6-4-3-5-12(13)17/h3-9H,10H2,1-2H3,(H2,18,19,22,24). The Labute approximate surface area is 154 Å². The summed E-state index contributed by atoms with van der Waals surface area (Å²) in [5.74, 6) is -1.57. The number of urea groups is 1. The molecule has 0 aliphatic rings. The van der Waals surface area contributed by atoms with Gasteiger partial charge in [0.25, 0.3) is 5.56 Å². The summed E-state index contributed by atoms with van der Waals surface area (Å²) >= 11 is 0. The van der Waals surface area contributed by atoms with Gasteiger partial charge in [-0.3, -0.25) is 14.9 Å². The van der Waals surface area contributed by atoms with Gasteiger partial charge in [-0.15, -0.1) is 0 Å². The topological polar surface area (TPSA) is 118 Å². The molecule has 144 valence electrons. The molecule has 27 heavy (non-hydrogen) atoms. The van der Waals surface area contributed by atoms with E-state index < -0.39 is 39.9 Å². The van der Waals surface area contributed by atoms with Crippen LogP contribution in [0, 0.1) is 5.82 Å². The van der Waals surface area contributed by atoms with E-state index in [1.54, 1.807) is 0 Å². The van der Waals surface area contributed by atoms with Gasteiger partial charge < -0.3 is 9.88 Å². The van der Waals surface area contributed by atoms with Gasteiger partial charge in [0, 0.05) is 26.4 Å². The van der Waals surface area contributed by atoms with Crippen LogP contribution >= 0.6 is 0 Å². The minimum Gasteiger partial charge on any atom is -0.305 e. The fourth-order valence-electron chi connectivity index (χ4n) is 2.03. The number of benzene rings is 1. The number of nitrogens with one attached hydrogen (secondary N) is 2. The molecule has 2 rings (SSSR count). The van der Waals surface area contributed by atoms with E-state index >= 15 is 0 Å². The minimum atomic E-state index is -3.80. The molecule has 0 atom stereocenters. The number of imide groups is 1. The Kier molecular flexibility index (Phi) is 6.08. The van der Waals surface area contributed by atoms with Crippen LogP contribution in [-0.2, 0) is 21.4 Å². The van der Waals surface area contributed by atoms with E-state index in [4.69, 9.17) is 0 Å². The zero-order valence-corrected chi connectivity index (χ0v) is 15.3. The summed E-state index contributed by atoms with van der Waals surface area (Å²) in [6.45, 7) is -0.597. The van der Waals surface area contributed by atoms with Crippen LogP contribution in [0.25, 0.3) is 0 Å². The zero-order valence-electron chi connectivity index (χ0n) is 14.5. The van der Waals surface area contributed by atoms with Crippen molar-refractivity contribution in [3.63, 3.8) is 0 Å². The van der Waals surface area contributed by atoms with Crippen LogP contribution in [0.15, 0.2) is 52.3 Å². The second-order valence-corrected chi connectivity index (χ2v) is 7.75. The molecular weight excluding hydrogens is 379 g/mol. The van der Waals surface area contributed by atoms with E-state index in [2.05, 4.69) is 5.32 Å². The van der Waals surface area contributed by atoms with Crippen LogP contribution < -0.4 is 16.2 Å². The third-order valence-electron chi connectivity index (χ3n) is 3.42. The van der Waals surface area contributed by atoms with Gasteiger partial charge in [-0.05, 0) is 18.2 Å². The van der Waals surface area contributed by atoms with E-state index in [1.165, 1.54) is 32.3 Å². The number of hydrogen-bond donors (Lipinski definition) is 2. The molecule has 0 bridgehead atoms. The van der Waals surface area contributed by atoms with Crippen LogP contribution in [0.4, 0.5) is 14.9 Å². The SMILES string of the molecule is CN(C)S(=O)(=O)c1ccc(=O)n(CC(=O)NC(=O)Nc2ccccc2F)c1. The number of amides is 3. The molecule has 0 aliphatic carbocycles. The highest BCUT2D eigenvalue weighted by molar-refractivity contribution is 7.89. The second kappa shape index (κ2) is 8.10. The predicted octanol–water partition coefficient (Wildman–Crippen LogP) is 0.586. The largest absolute Gasteiger partial charge is 0.326 e. The molecule has 3 amide bonds. The number of anilines is 1. The summed E-state index contributed by atoms with van der Waals surface area (Å²) < 4.78 is 39.5. The quantitative estimate of drug-likeness (QED) is 0.767. The first-order chi connectivity index (χ1) is 12.6. The van der Waals surface area contributed by atoms with Crippen molar-refractivity contribution in [1.29, 1.82) is 0 Å². The summed E-state index contributed by atoms with van der Waals surface area (Å²) in [4.78, 5) is 35.4. The van der Waals surface area contributed by atoms with Crippen molar-refractivity contribution in [1.82, 2.24) is 14.2 Å². The lowest BCUT2D eigenvalue weighted by Gasteiger charge is -2.13. The Morgan fingerprint density at radius 3 is 2.44 bits per heavy atom. The highest BCUT2D eigenvalue weighted by Gasteiger charge is 2.19. The number of hydrogen-bond acceptors (Lipinski definition) is 5. The van der Waals surface area contributed by atoms with Crippen molar-refractivity contribution in [3.05, 3.63) is 58.8 Å². The number of pyridine rings is 1. The molecular formula is C16H17FN4O5S.